The molecule has 2 saturated heterocycles. The minimum atomic E-state index is -1.13. The molecule has 4 amide bonds. The van der Waals surface area contributed by atoms with Crippen LogP contribution in [0.2, 0.25) is 0 Å². The Bertz CT molecular complexity index is 850. The Hall–Kier alpha value is -2.32. The molecule has 0 bridgehead atoms. The van der Waals surface area contributed by atoms with Crippen molar-refractivity contribution in [1.29, 1.82) is 0 Å². The van der Waals surface area contributed by atoms with Gasteiger partial charge in [0.1, 0.15) is 0 Å². The molecule has 2 N–H and O–H groups in total. The van der Waals surface area contributed by atoms with Crippen LogP contribution < -0.4 is 10.6 Å². The lowest BCUT2D eigenvalue weighted by Gasteiger charge is -2.47. The Morgan fingerprint density at radius 2 is 1.14 bits per heavy atom. The number of carbonyl (C=O) groups is 2. The van der Waals surface area contributed by atoms with Crippen LogP contribution >= 0.6 is 25.3 Å². The van der Waals surface area contributed by atoms with Crippen LogP contribution in [0.1, 0.15) is 11.1 Å². The van der Waals surface area contributed by atoms with Crippen LogP contribution in [-0.2, 0) is 11.3 Å². The molecular weight excluding hydrogens is 392 g/mol. The van der Waals surface area contributed by atoms with Crippen molar-refractivity contribution in [2.45, 2.75) is 11.3 Å². The summed E-state index contributed by atoms with van der Waals surface area (Å²) in [6, 6.07) is 18.7. The standard InChI is InChI=1S/C20H22N4O2S2/c25-17-21-19(15-7-3-1-4-8-15)20(23(17)11-13-27,16-9-5-2-6-10-16)24(12-14-28)18(26)22-19/h1-10,27-28H,11-14H2,(H,21,25)(H,22,26). The Morgan fingerprint density at radius 1 is 0.714 bits per heavy atom. The lowest BCUT2D eigenvalue weighted by atomic mass is 9.81. The summed E-state index contributed by atoms with van der Waals surface area (Å²) >= 11 is 8.75. The fraction of sp³-hybridized carbons (Fsp3) is 0.300. The third-order valence-corrected chi connectivity index (χ3v) is 5.81. The van der Waals surface area contributed by atoms with Crippen molar-refractivity contribution in [3.05, 3.63) is 71.8 Å². The fourth-order valence-electron chi connectivity index (χ4n) is 4.47. The molecule has 6 nitrogen and oxygen atoms in total. The van der Waals surface area contributed by atoms with Gasteiger partial charge in [-0.25, -0.2) is 9.59 Å². The Balaban J connectivity index is 2.06. The number of fused-ring (bicyclic) bond motifs is 1. The van der Waals surface area contributed by atoms with E-state index in [1.54, 1.807) is 9.80 Å². The van der Waals surface area contributed by atoms with E-state index in [9.17, 15) is 9.59 Å². The van der Waals surface area contributed by atoms with E-state index in [1.165, 1.54) is 0 Å². The average molecular weight is 415 g/mol. The smallest absolute Gasteiger partial charge is 0.307 e. The molecule has 146 valence electrons. The lowest BCUT2D eigenvalue weighted by Crippen LogP contribution is -2.63. The van der Waals surface area contributed by atoms with Crippen LogP contribution in [0.3, 0.4) is 0 Å². The van der Waals surface area contributed by atoms with Crippen molar-refractivity contribution in [3.8, 4) is 0 Å². The molecule has 0 aromatic heterocycles. The second-order valence-corrected chi connectivity index (χ2v) is 7.66. The molecule has 0 unspecified atom stereocenters. The van der Waals surface area contributed by atoms with Gasteiger partial charge in [0.25, 0.3) is 0 Å². The first-order chi connectivity index (χ1) is 13.6. The molecule has 0 aliphatic carbocycles. The highest BCUT2D eigenvalue weighted by atomic mass is 32.1. The van der Waals surface area contributed by atoms with Crippen LogP contribution in [0.5, 0.6) is 0 Å². The molecule has 0 spiro atoms. The predicted octanol–water partition coefficient (Wildman–Crippen LogP) is 2.60. The van der Waals surface area contributed by atoms with Crippen LogP contribution in [0.4, 0.5) is 9.59 Å². The third kappa shape index (κ3) is 2.44. The van der Waals surface area contributed by atoms with Crippen molar-refractivity contribution in [3.63, 3.8) is 0 Å². The first-order valence-corrected chi connectivity index (χ1v) is 10.4. The predicted molar refractivity (Wildman–Crippen MR) is 114 cm³/mol. The van der Waals surface area contributed by atoms with E-state index in [1.807, 2.05) is 60.7 Å². The van der Waals surface area contributed by atoms with Gasteiger partial charge in [0, 0.05) is 35.7 Å². The summed E-state index contributed by atoms with van der Waals surface area (Å²) in [5, 5.41) is 6.19. The van der Waals surface area contributed by atoms with Crippen molar-refractivity contribution in [2.24, 2.45) is 0 Å². The van der Waals surface area contributed by atoms with E-state index >= 15 is 0 Å². The molecule has 2 fully saturated rings. The second kappa shape index (κ2) is 7.25. The molecule has 0 saturated carbocycles. The minimum Gasteiger partial charge on any atom is -0.307 e. The zero-order valence-electron chi connectivity index (χ0n) is 15.2. The van der Waals surface area contributed by atoms with E-state index in [4.69, 9.17) is 0 Å². The van der Waals surface area contributed by atoms with Gasteiger partial charge in [0.15, 0.2) is 11.3 Å². The van der Waals surface area contributed by atoms with Crippen molar-refractivity contribution in [2.75, 3.05) is 24.6 Å². The minimum absolute atomic E-state index is 0.245. The molecule has 0 radical (unpaired) electrons. The third-order valence-electron chi connectivity index (χ3n) is 5.41. The first-order valence-electron chi connectivity index (χ1n) is 9.14. The normalized spacial score (nSPS) is 26.2. The van der Waals surface area contributed by atoms with Crippen molar-refractivity contribution in [1.82, 2.24) is 20.4 Å². The molecule has 2 heterocycles. The molecule has 4 rings (SSSR count). The van der Waals surface area contributed by atoms with E-state index in [2.05, 4.69) is 35.9 Å². The number of nitrogens with one attached hydrogen (secondary N) is 2. The SMILES string of the molecule is O=C1NC2(c3ccccc3)NC(=O)N(CCS)C2(c2ccccc2)N1CCS. The summed E-state index contributed by atoms with van der Waals surface area (Å²) in [6.07, 6.45) is 0. The summed E-state index contributed by atoms with van der Waals surface area (Å²) in [7, 11) is 0. The topological polar surface area (TPSA) is 64.7 Å². The van der Waals surface area contributed by atoms with Crippen LogP contribution in [0.15, 0.2) is 60.7 Å². The Labute approximate surface area is 175 Å². The second-order valence-electron chi connectivity index (χ2n) is 6.77. The maximum Gasteiger partial charge on any atom is 0.321 e. The summed E-state index contributed by atoms with van der Waals surface area (Å²) in [5.74, 6) is 0.936. The van der Waals surface area contributed by atoms with Crippen molar-refractivity contribution < 1.29 is 9.59 Å². The van der Waals surface area contributed by atoms with Gasteiger partial charge in [-0.3, -0.25) is 9.80 Å². The number of hydrogen-bond donors (Lipinski definition) is 4. The highest BCUT2D eigenvalue weighted by molar-refractivity contribution is 7.80. The number of thiol groups is 2. The Morgan fingerprint density at radius 3 is 1.57 bits per heavy atom. The zero-order chi connectivity index (χ0) is 19.8. The van der Waals surface area contributed by atoms with Gasteiger partial charge in [-0.2, -0.15) is 25.3 Å². The first kappa shape index (κ1) is 19.0. The number of amides is 4. The highest BCUT2D eigenvalue weighted by Crippen LogP contribution is 2.53. The largest absolute Gasteiger partial charge is 0.321 e. The molecule has 2 aromatic carbocycles. The average Bonchev–Trinajstić information content (AvgIpc) is 3.11. The van der Waals surface area contributed by atoms with Gasteiger partial charge in [-0.1, -0.05) is 60.7 Å². The molecular formula is C20H22N4O2S2. The maximum atomic E-state index is 13.2. The summed E-state index contributed by atoms with van der Waals surface area (Å²) in [4.78, 5) is 29.8. The van der Waals surface area contributed by atoms with Crippen molar-refractivity contribution >= 4 is 37.3 Å². The molecule has 2 aliphatic rings. The summed E-state index contributed by atoms with van der Waals surface area (Å²) < 4.78 is 0. The number of hydrogen-bond acceptors (Lipinski definition) is 4. The molecule has 28 heavy (non-hydrogen) atoms. The fourth-order valence-corrected chi connectivity index (χ4v) is 4.87. The van der Waals surface area contributed by atoms with E-state index < -0.39 is 11.3 Å². The summed E-state index contributed by atoms with van der Waals surface area (Å²) in [6.45, 7) is 0.771. The quantitative estimate of drug-likeness (QED) is 0.549. The summed E-state index contributed by atoms with van der Waals surface area (Å²) in [5.41, 5.74) is -0.548. The van der Waals surface area contributed by atoms with Gasteiger partial charge in [0.2, 0.25) is 0 Å². The van der Waals surface area contributed by atoms with E-state index in [-0.39, 0.29) is 12.1 Å². The van der Waals surface area contributed by atoms with Gasteiger partial charge >= 0.3 is 12.1 Å². The lowest BCUT2D eigenvalue weighted by molar-refractivity contribution is -0.00615. The number of nitrogens with zero attached hydrogens (tertiary/aromatic N) is 2. The monoisotopic (exact) mass is 414 g/mol. The van der Waals surface area contributed by atoms with E-state index in [0.29, 0.717) is 24.6 Å². The maximum absolute atomic E-state index is 13.2. The number of carbonyl (C=O) groups excluding carboxylic acids is 2. The highest BCUT2D eigenvalue weighted by Gasteiger charge is 2.73. The van der Waals surface area contributed by atoms with Crippen LogP contribution in [-0.4, -0.2) is 46.5 Å². The van der Waals surface area contributed by atoms with Crippen LogP contribution in [0, 0.1) is 0 Å². The number of benzene rings is 2. The molecule has 2 aromatic rings. The zero-order valence-corrected chi connectivity index (χ0v) is 17.0. The van der Waals surface area contributed by atoms with Crippen LogP contribution in [0.25, 0.3) is 0 Å². The van der Waals surface area contributed by atoms with Gasteiger partial charge in [-0.15, -0.1) is 0 Å². The molecule has 0 atom stereocenters. The van der Waals surface area contributed by atoms with Gasteiger partial charge in [-0.05, 0) is 0 Å². The number of rotatable bonds is 6. The molecule has 2 aliphatic heterocycles. The molecule has 8 heteroatoms. The Kier molecular flexibility index (Phi) is 4.93. The van der Waals surface area contributed by atoms with E-state index in [0.717, 1.165) is 11.1 Å². The number of urea groups is 2. The van der Waals surface area contributed by atoms with Gasteiger partial charge in [0.05, 0.1) is 0 Å². The van der Waals surface area contributed by atoms with Gasteiger partial charge < -0.3 is 10.6 Å².